The number of hydrogen-bond acceptors (Lipinski definition) is 4. The third-order valence-corrected chi connectivity index (χ3v) is 3.31. The van der Waals surface area contributed by atoms with Crippen LogP contribution in [-0.2, 0) is 0 Å². The van der Waals surface area contributed by atoms with Crippen molar-refractivity contribution in [3.63, 3.8) is 0 Å². The lowest BCUT2D eigenvalue weighted by molar-refractivity contribution is 0.219. The molecule has 5 heteroatoms. The summed E-state index contributed by atoms with van der Waals surface area (Å²) >= 11 is 5.70. The van der Waals surface area contributed by atoms with Crippen molar-refractivity contribution in [2.75, 3.05) is 25.0 Å². The number of nitrogens with one attached hydrogen (secondary N) is 1. The van der Waals surface area contributed by atoms with Gasteiger partial charge in [0.2, 0.25) is 0 Å². The van der Waals surface area contributed by atoms with Crippen LogP contribution in [0.15, 0.2) is 12.1 Å². The van der Waals surface area contributed by atoms with Crippen molar-refractivity contribution in [1.82, 2.24) is 15.1 Å². The van der Waals surface area contributed by atoms with Gasteiger partial charge in [-0.3, -0.25) is 0 Å². The molecule has 1 fully saturated rings. The molecule has 2 heterocycles. The Morgan fingerprint density at radius 2 is 2.12 bits per heavy atom. The fraction of sp³-hybridized carbons (Fsp3) is 0.667. The van der Waals surface area contributed by atoms with Crippen LogP contribution in [-0.4, -0.2) is 40.8 Å². The lowest BCUT2D eigenvalue weighted by Crippen LogP contribution is -2.39. The first kappa shape index (κ1) is 12.6. The Bertz CT molecular complexity index is 333. The van der Waals surface area contributed by atoms with Crippen LogP contribution in [0, 0.1) is 0 Å². The van der Waals surface area contributed by atoms with Crippen LogP contribution in [0.3, 0.4) is 0 Å². The topological polar surface area (TPSA) is 41.0 Å². The van der Waals surface area contributed by atoms with Gasteiger partial charge in [-0.05, 0) is 37.9 Å². The predicted octanol–water partition coefficient (Wildman–Crippen LogP) is 2.42. The molecule has 1 saturated heterocycles. The highest BCUT2D eigenvalue weighted by atomic mass is 35.5. The maximum Gasteiger partial charge on any atom is 0.151 e. The van der Waals surface area contributed by atoms with E-state index in [1.54, 1.807) is 6.07 Å². The standard InChI is InChI=1S/C12H19ClN4/c1-2-7-17-8-5-10(6-9-17)14-12-4-3-11(13)15-16-12/h3-4,10H,2,5-9H2,1H3,(H,14,16). The molecule has 1 aromatic rings. The van der Waals surface area contributed by atoms with E-state index >= 15 is 0 Å². The van der Waals surface area contributed by atoms with Gasteiger partial charge < -0.3 is 10.2 Å². The summed E-state index contributed by atoms with van der Waals surface area (Å²) in [6.07, 6.45) is 3.58. The average molecular weight is 255 g/mol. The summed E-state index contributed by atoms with van der Waals surface area (Å²) in [5.41, 5.74) is 0. The highest BCUT2D eigenvalue weighted by Crippen LogP contribution is 2.15. The molecule has 0 spiro atoms. The lowest BCUT2D eigenvalue weighted by atomic mass is 10.0. The first-order chi connectivity index (χ1) is 8.28. The quantitative estimate of drug-likeness (QED) is 0.896. The second-order valence-electron chi connectivity index (χ2n) is 4.50. The number of piperidine rings is 1. The molecule has 94 valence electrons. The van der Waals surface area contributed by atoms with Crippen LogP contribution in [0.2, 0.25) is 5.15 Å². The van der Waals surface area contributed by atoms with Crippen LogP contribution >= 0.6 is 11.6 Å². The molecule has 0 amide bonds. The normalized spacial score (nSPS) is 18.2. The van der Waals surface area contributed by atoms with Crippen LogP contribution in [0.25, 0.3) is 0 Å². The zero-order chi connectivity index (χ0) is 12.1. The molecule has 0 bridgehead atoms. The number of likely N-dealkylation sites (tertiary alicyclic amines) is 1. The van der Waals surface area contributed by atoms with Gasteiger partial charge >= 0.3 is 0 Å². The fourth-order valence-corrected chi connectivity index (χ4v) is 2.32. The Balaban J connectivity index is 1.79. The highest BCUT2D eigenvalue weighted by molar-refractivity contribution is 6.29. The Kier molecular flexibility index (Phi) is 4.57. The number of hydrogen-bond donors (Lipinski definition) is 1. The molecular formula is C12H19ClN4. The molecule has 0 aliphatic carbocycles. The summed E-state index contributed by atoms with van der Waals surface area (Å²) in [7, 11) is 0. The highest BCUT2D eigenvalue weighted by Gasteiger charge is 2.18. The van der Waals surface area contributed by atoms with E-state index in [1.807, 2.05) is 6.07 Å². The molecule has 1 aromatic heterocycles. The first-order valence-corrected chi connectivity index (χ1v) is 6.64. The second-order valence-corrected chi connectivity index (χ2v) is 4.89. The maximum absolute atomic E-state index is 5.70. The summed E-state index contributed by atoms with van der Waals surface area (Å²) < 4.78 is 0. The van der Waals surface area contributed by atoms with Crippen molar-refractivity contribution in [1.29, 1.82) is 0 Å². The van der Waals surface area contributed by atoms with E-state index in [1.165, 1.54) is 38.9 Å². The monoisotopic (exact) mass is 254 g/mol. The van der Waals surface area contributed by atoms with E-state index in [2.05, 4.69) is 27.3 Å². The Morgan fingerprint density at radius 1 is 1.35 bits per heavy atom. The number of rotatable bonds is 4. The number of aromatic nitrogens is 2. The molecular weight excluding hydrogens is 236 g/mol. The molecule has 1 N–H and O–H groups in total. The van der Waals surface area contributed by atoms with Crippen molar-refractivity contribution in [3.05, 3.63) is 17.3 Å². The minimum absolute atomic E-state index is 0.438. The Morgan fingerprint density at radius 3 is 2.71 bits per heavy atom. The fourth-order valence-electron chi connectivity index (χ4n) is 2.22. The predicted molar refractivity (Wildman–Crippen MR) is 70.4 cm³/mol. The van der Waals surface area contributed by atoms with Gasteiger partial charge in [0.1, 0.15) is 5.82 Å². The molecule has 0 unspecified atom stereocenters. The van der Waals surface area contributed by atoms with Gasteiger partial charge in [-0.25, -0.2) is 0 Å². The van der Waals surface area contributed by atoms with Crippen LogP contribution in [0.4, 0.5) is 5.82 Å². The number of halogens is 1. The van der Waals surface area contributed by atoms with E-state index in [0.717, 1.165) is 5.82 Å². The SMILES string of the molecule is CCCN1CCC(Nc2ccc(Cl)nn2)CC1. The van der Waals surface area contributed by atoms with E-state index in [4.69, 9.17) is 11.6 Å². The van der Waals surface area contributed by atoms with Gasteiger partial charge in [0.05, 0.1) is 0 Å². The van der Waals surface area contributed by atoms with E-state index < -0.39 is 0 Å². The minimum Gasteiger partial charge on any atom is -0.366 e. The van der Waals surface area contributed by atoms with Gasteiger partial charge in [-0.2, -0.15) is 0 Å². The zero-order valence-electron chi connectivity index (χ0n) is 10.2. The number of nitrogens with zero attached hydrogens (tertiary/aromatic N) is 3. The van der Waals surface area contributed by atoms with Crippen molar-refractivity contribution in [3.8, 4) is 0 Å². The minimum atomic E-state index is 0.438. The van der Waals surface area contributed by atoms with E-state index in [9.17, 15) is 0 Å². The Labute approximate surface area is 107 Å². The third-order valence-electron chi connectivity index (χ3n) is 3.11. The average Bonchev–Trinajstić information content (AvgIpc) is 2.35. The molecule has 0 atom stereocenters. The molecule has 17 heavy (non-hydrogen) atoms. The van der Waals surface area contributed by atoms with Crippen LogP contribution in [0.5, 0.6) is 0 Å². The lowest BCUT2D eigenvalue weighted by Gasteiger charge is -2.32. The van der Waals surface area contributed by atoms with Gasteiger partial charge in [-0.1, -0.05) is 18.5 Å². The first-order valence-electron chi connectivity index (χ1n) is 6.26. The smallest absolute Gasteiger partial charge is 0.151 e. The molecule has 4 nitrogen and oxygen atoms in total. The van der Waals surface area contributed by atoms with Gasteiger partial charge in [0.15, 0.2) is 5.15 Å². The summed E-state index contributed by atoms with van der Waals surface area (Å²) in [5.74, 6) is 0.823. The zero-order valence-corrected chi connectivity index (χ0v) is 11.0. The van der Waals surface area contributed by atoms with Gasteiger partial charge in [-0.15, -0.1) is 10.2 Å². The van der Waals surface area contributed by atoms with Gasteiger partial charge in [0.25, 0.3) is 0 Å². The molecule has 2 rings (SSSR count). The van der Waals surface area contributed by atoms with Crippen molar-refractivity contribution in [2.45, 2.75) is 32.2 Å². The summed E-state index contributed by atoms with van der Waals surface area (Å²) in [5, 5.41) is 11.7. The van der Waals surface area contributed by atoms with Gasteiger partial charge in [0, 0.05) is 19.1 Å². The largest absolute Gasteiger partial charge is 0.366 e. The molecule has 1 aliphatic heterocycles. The molecule has 0 saturated carbocycles. The third kappa shape index (κ3) is 3.82. The summed E-state index contributed by atoms with van der Waals surface area (Å²) in [4.78, 5) is 2.52. The van der Waals surface area contributed by atoms with Crippen molar-refractivity contribution in [2.24, 2.45) is 0 Å². The second kappa shape index (κ2) is 6.17. The molecule has 0 aromatic carbocycles. The van der Waals surface area contributed by atoms with E-state index in [-0.39, 0.29) is 0 Å². The molecule has 1 aliphatic rings. The number of anilines is 1. The molecule has 0 radical (unpaired) electrons. The summed E-state index contributed by atoms with van der Waals surface area (Å²) in [6, 6.07) is 4.16. The van der Waals surface area contributed by atoms with Crippen molar-refractivity contribution >= 4 is 17.4 Å². The van der Waals surface area contributed by atoms with Crippen molar-refractivity contribution < 1.29 is 0 Å². The van der Waals surface area contributed by atoms with E-state index in [0.29, 0.717) is 11.2 Å². The Hall–Kier alpha value is -0.870. The van der Waals surface area contributed by atoms with Crippen LogP contribution < -0.4 is 5.32 Å². The summed E-state index contributed by atoms with van der Waals surface area (Å²) in [6.45, 7) is 5.79. The maximum atomic E-state index is 5.70. The van der Waals surface area contributed by atoms with Crippen LogP contribution in [0.1, 0.15) is 26.2 Å².